The van der Waals surface area contributed by atoms with E-state index in [2.05, 4.69) is 10.3 Å². The number of carbonyl (C=O) groups excluding carboxylic acids is 1. The molecule has 1 amide bonds. The average Bonchev–Trinajstić information content (AvgIpc) is 3.09. The van der Waals surface area contributed by atoms with Gasteiger partial charge in [-0.3, -0.25) is 10.1 Å². The summed E-state index contributed by atoms with van der Waals surface area (Å²) in [5.74, 6) is -0.0866. The van der Waals surface area contributed by atoms with Crippen molar-refractivity contribution in [1.82, 2.24) is 4.98 Å². The first-order valence-electron chi connectivity index (χ1n) is 7.46. The minimum absolute atomic E-state index is 0.0359. The van der Waals surface area contributed by atoms with Gasteiger partial charge in [0.25, 0.3) is 5.91 Å². The highest BCUT2D eigenvalue weighted by Crippen LogP contribution is 2.35. The molecule has 3 aromatic rings. The van der Waals surface area contributed by atoms with Gasteiger partial charge in [-0.05, 0) is 30.3 Å². The van der Waals surface area contributed by atoms with Crippen LogP contribution in [0.3, 0.4) is 0 Å². The van der Waals surface area contributed by atoms with Gasteiger partial charge in [-0.1, -0.05) is 17.7 Å². The fraction of sp³-hybridized carbons (Fsp3) is 0.111. The third-order valence-electron chi connectivity index (χ3n) is 3.60. The van der Waals surface area contributed by atoms with Gasteiger partial charge < -0.3 is 9.47 Å². The van der Waals surface area contributed by atoms with E-state index >= 15 is 0 Å². The highest BCUT2D eigenvalue weighted by Gasteiger charge is 2.18. The minimum atomic E-state index is -0.693. The molecule has 134 valence electrons. The summed E-state index contributed by atoms with van der Waals surface area (Å²) in [4.78, 5) is 16.7. The Balaban J connectivity index is 1.88. The first-order chi connectivity index (χ1) is 12.5. The molecule has 3 rings (SSSR count). The Kier molecular flexibility index (Phi) is 5.39. The van der Waals surface area contributed by atoms with Crippen LogP contribution in [0.4, 0.5) is 9.52 Å². The van der Waals surface area contributed by atoms with E-state index in [1.807, 2.05) is 0 Å². The summed E-state index contributed by atoms with van der Waals surface area (Å²) in [6.07, 6.45) is 0. The number of methoxy groups -OCH3 is 2. The second-order valence-corrected chi connectivity index (χ2v) is 6.42. The number of nitrogens with zero attached hydrogens (tertiary/aromatic N) is 1. The van der Waals surface area contributed by atoms with E-state index in [9.17, 15) is 9.18 Å². The third-order valence-corrected chi connectivity index (χ3v) is 4.67. The fourth-order valence-electron chi connectivity index (χ4n) is 2.34. The normalized spacial score (nSPS) is 10.5. The van der Waals surface area contributed by atoms with Gasteiger partial charge >= 0.3 is 0 Å². The van der Waals surface area contributed by atoms with Crippen LogP contribution in [-0.4, -0.2) is 25.1 Å². The zero-order chi connectivity index (χ0) is 18.7. The summed E-state index contributed by atoms with van der Waals surface area (Å²) in [6.45, 7) is 0. The van der Waals surface area contributed by atoms with Gasteiger partial charge in [0.15, 0.2) is 5.13 Å². The van der Waals surface area contributed by atoms with Crippen LogP contribution in [0.15, 0.2) is 41.8 Å². The van der Waals surface area contributed by atoms with Gasteiger partial charge in [0, 0.05) is 10.9 Å². The number of hydrogen-bond donors (Lipinski definition) is 1. The highest BCUT2D eigenvalue weighted by atomic mass is 35.5. The van der Waals surface area contributed by atoms with Crippen molar-refractivity contribution in [3.8, 4) is 22.8 Å². The monoisotopic (exact) mass is 392 g/mol. The number of nitrogens with one attached hydrogen (secondary N) is 1. The number of hydrogen-bond acceptors (Lipinski definition) is 5. The molecule has 1 heterocycles. The van der Waals surface area contributed by atoms with Crippen LogP contribution < -0.4 is 14.8 Å². The average molecular weight is 393 g/mol. The predicted molar refractivity (Wildman–Crippen MR) is 100 cm³/mol. The Labute approximate surface area is 158 Å². The summed E-state index contributed by atoms with van der Waals surface area (Å²) >= 11 is 7.12. The van der Waals surface area contributed by atoms with Crippen LogP contribution >= 0.6 is 22.9 Å². The number of aromatic nitrogens is 1. The number of thiazole rings is 1. The molecule has 1 aromatic heterocycles. The second kappa shape index (κ2) is 7.72. The van der Waals surface area contributed by atoms with E-state index in [0.29, 0.717) is 27.9 Å². The first-order valence-corrected chi connectivity index (χ1v) is 8.72. The van der Waals surface area contributed by atoms with E-state index in [1.165, 1.54) is 29.5 Å². The SMILES string of the molecule is COc1ccc(OC)c(-c2csc(NC(=O)c3c(F)cccc3Cl)n2)c1. The zero-order valence-electron chi connectivity index (χ0n) is 13.9. The Morgan fingerprint density at radius 1 is 1.23 bits per heavy atom. The lowest BCUT2D eigenvalue weighted by Gasteiger charge is -2.08. The molecule has 1 N–H and O–H groups in total. The van der Waals surface area contributed by atoms with Crippen molar-refractivity contribution in [3.05, 3.63) is 58.2 Å². The van der Waals surface area contributed by atoms with E-state index in [-0.39, 0.29) is 10.6 Å². The van der Waals surface area contributed by atoms with Gasteiger partial charge in [0.2, 0.25) is 0 Å². The second-order valence-electron chi connectivity index (χ2n) is 5.15. The first kappa shape index (κ1) is 18.2. The van der Waals surface area contributed by atoms with E-state index in [1.54, 1.807) is 37.8 Å². The van der Waals surface area contributed by atoms with Crippen LogP contribution in [-0.2, 0) is 0 Å². The number of halogens is 2. The number of benzene rings is 2. The highest BCUT2D eigenvalue weighted by molar-refractivity contribution is 7.14. The Morgan fingerprint density at radius 2 is 2.04 bits per heavy atom. The lowest BCUT2D eigenvalue weighted by molar-refractivity contribution is 0.102. The van der Waals surface area contributed by atoms with Crippen molar-refractivity contribution in [3.63, 3.8) is 0 Å². The van der Waals surface area contributed by atoms with Crippen LogP contribution in [0.1, 0.15) is 10.4 Å². The van der Waals surface area contributed by atoms with Crippen molar-refractivity contribution >= 4 is 34.0 Å². The molecule has 0 spiro atoms. The van der Waals surface area contributed by atoms with Crippen LogP contribution in [0, 0.1) is 5.82 Å². The molecule has 0 saturated carbocycles. The van der Waals surface area contributed by atoms with Gasteiger partial charge in [0.1, 0.15) is 17.3 Å². The molecule has 0 radical (unpaired) electrons. The number of anilines is 1. The molecule has 0 bridgehead atoms. The topological polar surface area (TPSA) is 60.5 Å². The molecule has 0 aliphatic rings. The van der Waals surface area contributed by atoms with Crippen molar-refractivity contribution < 1.29 is 18.7 Å². The maximum Gasteiger partial charge on any atom is 0.261 e. The number of rotatable bonds is 5. The molecule has 0 unspecified atom stereocenters. The maximum atomic E-state index is 13.9. The fourth-order valence-corrected chi connectivity index (χ4v) is 3.30. The molecule has 26 heavy (non-hydrogen) atoms. The molecular formula is C18H14ClFN2O3S. The van der Waals surface area contributed by atoms with Gasteiger partial charge in [-0.15, -0.1) is 11.3 Å². The Bertz CT molecular complexity index is 941. The van der Waals surface area contributed by atoms with Crippen molar-refractivity contribution in [2.45, 2.75) is 0 Å². The van der Waals surface area contributed by atoms with Crippen LogP contribution in [0.25, 0.3) is 11.3 Å². The van der Waals surface area contributed by atoms with Gasteiger partial charge in [-0.25, -0.2) is 9.37 Å². The quantitative estimate of drug-likeness (QED) is 0.672. The van der Waals surface area contributed by atoms with E-state index < -0.39 is 11.7 Å². The molecule has 0 aliphatic carbocycles. The minimum Gasteiger partial charge on any atom is -0.497 e. The van der Waals surface area contributed by atoms with E-state index in [0.717, 1.165) is 0 Å². The summed E-state index contributed by atoms with van der Waals surface area (Å²) in [7, 11) is 3.12. The summed E-state index contributed by atoms with van der Waals surface area (Å²) in [5.41, 5.74) is 1.10. The third kappa shape index (κ3) is 3.63. The summed E-state index contributed by atoms with van der Waals surface area (Å²) < 4.78 is 24.4. The lowest BCUT2D eigenvalue weighted by atomic mass is 10.1. The Hall–Kier alpha value is -2.64. The molecule has 0 aliphatic heterocycles. The molecule has 0 atom stereocenters. The largest absolute Gasteiger partial charge is 0.497 e. The van der Waals surface area contributed by atoms with Gasteiger partial charge in [0.05, 0.1) is 30.5 Å². The van der Waals surface area contributed by atoms with Crippen LogP contribution in [0.2, 0.25) is 5.02 Å². The number of amides is 1. The number of ether oxygens (including phenoxy) is 2. The number of carbonyl (C=O) groups is 1. The molecule has 5 nitrogen and oxygen atoms in total. The van der Waals surface area contributed by atoms with Crippen LogP contribution in [0.5, 0.6) is 11.5 Å². The van der Waals surface area contributed by atoms with Crippen molar-refractivity contribution in [2.24, 2.45) is 0 Å². The molecule has 0 saturated heterocycles. The standard InChI is InChI=1S/C18H14ClFN2O3S/c1-24-10-6-7-15(25-2)11(8-10)14-9-26-18(21-14)22-17(23)16-12(19)4-3-5-13(16)20/h3-9H,1-2H3,(H,21,22,23). The smallest absolute Gasteiger partial charge is 0.261 e. The molecule has 8 heteroatoms. The summed E-state index contributed by atoms with van der Waals surface area (Å²) in [5, 5.41) is 4.68. The Morgan fingerprint density at radius 3 is 2.73 bits per heavy atom. The predicted octanol–water partition coefficient (Wildman–Crippen LogP) is 4.87. The van der Waals surface area contributed by atoms with Gasteiger partial charge in [-0.2, -0.15) is 0 Å². The molecular weight excluding hydrogens is 379 g/mol. The summed E-state index contributed by atoms with van der Waals surface area (Å²) in [6, 6.07) is 9.39. The van der Waals surface area contributed by atoms with Crippen molar-refractivity contribution in [1.29, 1.82) is 0 Å². The molecule has 0 fully saturated rings. The lowest BCUT2D eigenvalue weighted by Crippen LogP contribution is -2.14. The van der Waals surface area contributed by atoms with E-state index in [4.69, 9.17) is 21.1 Å². The maximum absolute atomic E-state index is 13.9. The molecule has 2 aromatic carbocycles. The zero-order valence-corrected chi connectivity index (χ0v) is 15.5. The van der Waals surface area contributed by atoms with Crippen molar-refractivity contribution in [2.75, 3.05) is 19.5 Å².